The first kappa shape index (κ1) is 23.5. The first-order valence-corrected chi connectivity index (χ1v) is 10.4. The smallest absolute Gasteiger partial charge is 0.0667 e. The van der Waals surface area contributed by atoms with Crippen LogP contribution in [0.3, 0.4) is 0 Å². The molecule has 0 amide bonds. The van der Waals surface area contributed by atoms with Crippen molar-refractivity contribution >= 4 is 0 Å². The summed E-state index contributed by atoms with van der Waals surface area (Å²) in [6, 6.07) is 0. The maximum Gasteiger partial charge on any atom is 0.0667 e. The first-order chi connectivity index (χ1) is 11.6. The van der Waals surface area contributed by atoms with Crippen molar-refractivity contribution < 1.29 is 5.11 Å². The minimum absolute atomic E-state index is 0.152. The van der Waals surface area contributed by atoms with E-state index in [0.717, 1.165) is 45.4 Å². The van der Waals surface area contributed by atoms with Gasteiger partial charge in [0.15, 0.2) is 0 Å². The lowest BCUT2D eigenvalue weighted by atomic mass is 10.1. The molecule has 0 spiro atoms. The normalized spacial score (nSPS) is 13.1. The summed E-state index contributed by atoms with van der Waals surface area (Å²) in [4.78, 5) is 4.74. The molecule has 144 valence electrons. The summed E-state index contributed by atoms with van der Waals surface area (Å²) in [6.45, 7) is 10.7. The third kappa shape index (κ3) is 15.0. The molecule has 0 aliphatic heterocycles. The monoisotopic (exact) mass is 340 g/mol. The van der Waals surface area contributed by atoms with Crippen molar-refractivity contribution in [3.8, 4) is 0 Å². The highest BCUT2D eigenvalue weighted by Gasteiger charge is 2.11. The van der Waals surface area contributed by atoms with E-state index in [1.807, 2.05) is 0 Å². The largest absolute Gasteiger partial charge is 0.392 e. The molecule has 0 aromatic heterocycles. The van der Waals surface area contributed by atoms with Gasteiger partial charge in [-0.2, -0.15) is 0 Å². The molecule has 0 fully saturated rings. The van der Waals surface area contributed by atoms with Crippen molar-refractivity contribution in [3.63, 3.8) is 0 Å². The van der Waals surface area contributed by atoms with E-state index < -0.39 is 0 Å². The summed E-state index contributed by atoms with van der Waals surface area (Å²) in [5.41, 5.74) is 0. The minimum atomic E-state index is -0.152. The standard InChI is InChI=1S/C21H44N2O/c1-5-8-10-11-13-18-23(19-14-17-22(4)16-7-3)20-21(24)15-12-9-6-2/h7,16,21,24H,5-6,8-15,17-20H2,1-4H3/b16-7-. The molecule has 0 aliphatic carbocycles. The highest BCUT2D eigenvalue weighted by atomic mass is 16.3. The number of allylic oxidation sites excluding steroid dienone is 1. The third-order valence-electron chi connectivity index (χ3n) is 4.58. The number of rotatable bonds is 17. The molecule has 0 aromatic rings. The Balaban J connectivity index is 4.11. The van der Waals surface area contributed by atoms with Gasteiger partial charge in [0.2, 0.25) is 0 Å². The van der Waals surface area contributed by atoms with E-state index in [1.165, 1.54) is 44.9 Å². The van der Waals surface area contributed by atoms with Crippen molar-refractivity contribution in [2.24, 2.45) is 0 Å². The maximum atomic E-state index is 10.3. The molecule has 0 aromatic carbocycles. The molecule has 3 nitrogen and oxygen atoms in total. The second-order valence-electron chi connectivity index (χ2n) is 7.18. The van der Waals surface area contributed by atoms with E-state index in [1.54, 1.807) is 0 Å². The predicted octanol–water partition coefficient (Wildman–Crippen LogP) is 5.06. The SMILES string of the molecule is C/C=C\N(C)CCCN(CCCCCCC)CC(O)CCCCC. The molecule has 0 radical (unpaired) electrons. The number of aliphatic hydroxyl groups excluding tert-OH is 1. The zero-order valence-corrected chi connectivity index (χ0v) is 17.0. The summed E-state index contributed by atoms with van der Waals surface area (Å²) in [5, 5.41) is 10.3. The Morgan fingerprint density at radius 1 is 0.833 bits per heavy atom. The molecule has 1 N–H and O–H groups in total. The minimum Gasteiger partial charge on any atom is -0.392 e. The fourth-order valence-corrected chi connectivity index (χ4v) is 3.13. The second kappa shape index (κ2) is 17.3. The Labute approximate surface area is 152 Å². The molecule has 0 saturated heterocycles. The summed E-state index contributed by atoms with van der Waals surface area (Å²) >= 11 is 0. The van der Waals surface area contributed by atoms with E-state index in [0.29, 0.717) is 0 Å². The van der Waals surface area contributed by atoms with E-state index in [2.05, 4.69) is 49.9 Å². The Morgan fingerprint density at radius 2 is 1.46 bits per heavy atom. The summed E-state index contributed by atoms with van der Waals surface area (Å²) in [7, 11) is 2.13. The number of hydrogen-bond donors (Lipinski definition) is 1. The summed E-state index contributed by atoms with van der Waals surface area (Å²) in [5.74, 6) is 0. The molecule has 0 aliphatic rings. The van der Waals surface area contributed by atoms with Gasteiger partial charge in [0.1, 0.15) is 0 Å². The van der Waals surface area contributed by atoms with Crippen LogP contribution in [-0.4, -0.2) is 54.2 Å². The number of nitrogens with zero attached hydrogens (tertiary/aromatic N) is 2. The Bertz CT molecular complexity index is 281. The van der Waals surface area contributed by atoms with Crippen LogP contribution in [0.4, 0.5) is 0 Å². The van der Waals surface area contributed by atoms with Crippen LogP contribution >= 0.6 is 0 Å². The maximum absolute atomic E-state index is 10.3. The van der Waals surface area contributed by atoms with E-state index in [9.17, 15) is 5.11 Å². The Hall–Kier alpha value is -0.540. The van der Waals surface area contributed by atoms with Crippen molar-refractivity contribution in [1.29, 1.82) is 0 Å². The highest BCUT2D eigenvalue weighted by Crippen LogP contribution is 2.09. The van der Waals surface area contributed by atoms with Crippen molar-refractivity contribution in [1.82, 2.24) is 9.80 Å². The molecule has 24 heavy (non-hydrogen) atoms. The lowest BCUT2D eigenvalue weighted by Gasteiger charge is -2.26. The van der Waals surface area contributed by atoms with Crippen LogP contribution < -0.4 is 0 Å². The average molecular weight is 341 g/mol. The van der Waals surface area contributed by atoms with Crippen molar-refractivity contribution in [3.05, 3.63) is 12.3 Å². The van der Waals surface area contributed by atoms with Gasteiger partial charge in [0, 0.05) is 20.1 Å². The average Bonchev–Trinajstić information content (AvgIpc) is 2.55. The van der Waals surface area contributed by atoms with E-state index in [4.69, 9.17) is 0 Å². The van der Waals surface area contributed by atoms with Crippen LogP contribution in [0.15, 0.2) is 12.3 Å². The predicted molar refractivity (Wildman–Crippen MR) is 107 cm³/mol. The zero-order chi connectivity index (χ0) is 18.0. The fraction of sp³-hybridized carbons (Fsp3) is 0.905. The lowest BCUT2D eigenvalue weighted by Crippen LogP contribution is -2.35. The first-order valence-electron chi connectivity index (χ1n) is 10.4. The van der Waals surface area contributed by atoms with Crippen LogP contribution in [0.1, 0.15) is 85.0 Å². The lowest BCUT2D eigenvalue weighted by molar-refractivity contribution is 0.1000. The van der Waals surface area contributed by atoms with Gasteiger partial charge in [-0.3, -0.25) is 0 Å². The van der Waals surface area contributed by atoms with Crippen molar-refractivity contribution in [2.75, 3.05) is 33.2 Å². The van der Waals surface area contributed by atoms with Gasteiger partial charge in [-0.25, -0.2) is 0 Å². The number of unbranched alkanes of at least 4 members (excludes halogenated alkanes) is 6. The van der Waals surface area contributed by atoms with Crippen LogP contribution in [0.2, 0.25) is 0 Å². The second-order valence-corrected chi connectivity index (χ2v) is 7.18. The molecule has 1 atom stereocenters. The molecule has 0 bridgehead atoms. The van der Waals surface area contributed by atoms with Gasteiger partial charge >= 0.3 is 0 Å². The molecule has 0 saturated carbocycles. The zero-order valence-electron chi connectivity index (χ0n) is 17.0. The van der Waals surface area contributed by atoms with Gasteiger partial charge < -0.3 is 14.9 Å². The Morgan fingerprint density at radius 3 is 2.12 bits per heavy atom. The van der Waals surface area contributed by atoms with Gasteiger partial charge in [-0.1, -0.05) is 64.9 Å². The van der Waals surface area contributed by atoms with Crippen LogP contribution in [0.5, 0.6) is 0 Å². The summed E-state index contributed by atoms with van der Waals surface area (Å²) < 4.78 is 0. The number of aliphatic hydroxyl groups is 1. The van der Waals surface area contributed by atoms with Crippen LogP contribution in [-0.2, 0) is 0 Å². The van der Waals surface area contributed by atoms with Gasteiger partial charge in [0.05, 0.1) is 6.10 Å². The molecular weight excluding hydrogens is 296 g/mol. The molecule has 3 heteroatoms. The van der Waals surface area contributed by atoms with E-state index in [-0.39, 0.29) is 6.10 Å². The summed E-state index contributed by atoms with van der Waals surface area (Å²) in [6.07, 6.45) is 16.4. The quantitative estimate of drug-likeness (QED) is 0.375. The van der Waals surface area contributed by atoms with E-state index >= 15 is 0 Å². The van der Waals surface area contributed by atoms with Gasteiger partial charge in [-0.05, 0) is 45.5 Å². The molecule has 0 heterocycles. The fourth-order valence-electron chi connectivity index (χ4n) is 3.13. The number of hydrogen-bond acceptors (Lipinski definition) is 3. The van der Waals surface area contributed by atoms with Gasteiger partial charge in [0.25, 0.3) is 0 Å². The molecule has 0 rings (SSSR count). The Kier molecular flexibility index (Phi) is 16.9. The topological polar surface area (TPSA) is 26.7 Å². The third-order valence-corrected chi connectivity index (χ3v) is 4.58. The highest BCUT2D eigenvalue weighted by molar-refractivity contribution is 4.76. The molecule has 1 unspecified atom stereocenters. The van der Waals surface area contributed by atoms with Crippen molar-refractivity contribution in [2.45, 2.75) is 91.1 Å². The van der Waals surface area contributed by atoms with Gasteiger partial charge in [-0.15, -0.1) is 0 Å². The van der Waals surface area contributed by atoms with Crippen LogP contribution in [0.25, 0.3) is 0 Å². The van der Waals surface area contributed by atoms with Crippen LogP contribution in [0, 0.1) is 0 Å². The molecular formula is C21H44N2O.